The van der Waals surface area contributed by atoms with Gasteiger partial charge in [0, 0.05) is 26.1 Å². The summed E-state index contributed by atoms with van der Waals surface area (Å²) < 4.78 is 69.6. The molecule has 2 aromatic rings. The van der Waals surface area contributed by atoms with Gasteiger partial charge in [-0.2, -0.15) is 13.0 Å². The molecule has 0 aliphatic rings. The number of aliphatic hydroxyl groups excluding tert-OH is 1. The van der Waals surface area contributed by atoms with Crippen molar-refractivity contribution in [2.45, 2.75) is 169 Å². The number of hydrogen-bond donors (Lipinski definition) is 3. The van der Waals surface area contributed by atoms with Crippen LogP contribution in [-0.4, -0.2) is 60.8 Å². The van der Waals surface area contributed by atoms with E-state index in [2.05, 4.69) is 36.7 Å². The Balaban J connectivity index is 0.000000751. The number of aryl methyl sites for hydroxylation is 1. The molecule has 0 spiro atoms. The number of hydrogen-bond acceptors (Lipinski definition) is 12. The minimum atomic E-state index is -4.48. The molecule has 0 atom stereocenters. The lowest BCUT2D eigenvalue weighted by molar-refractivity contribution is -0.689. The fraction of sp³-hybridized carbons (Fsp3) is 0.806. The number of rotatable bonds is 28. The zero-order valence-corrected chi connectivity index (χ0v) is 34.7. The second-order valence-electron chi connectivity index (χ2n) is 13.0. The quantitative estimate of drug-likeness (QED) is 0.0328. The lowest BCUT2D eigenvalue weighted by atomic mass is 10.1. The number of thiazole rings is 1. The molecular formula is C36H68N4O9S3. The monoisotopic (exact) mass is 796 g/mol. The van der Waals surface area contributed by atoms with Crippen LogP contribution in [0.5, 0.6) is 0 Å². The Labute approximate surface area is 319 Å². The first kappa shape index (κ1) is 50.2. The fourth-order valence-corrected chi connectivity index (χ4v) is 6.91. The van der Waals surface area contributed by atoms with Crippen LogP contribution in [0.15, 0.2) is 11.7 Å². The highest BCUT2D eigenvalue weighted by Gasteiger charge is 2.17. The average molecular weight is 797 g/mol. The molecule has 0 saturated carbocycles. The van der Waals surface area contributed by atoms with E-state index in [1.807, 2.05) is 19.4 Å². The zero-order valence-electron chi connectivity index (χ0n) is 32.2. The fourth-order valence-electron chi connectivity index (χ4n) is 5.27. The van der Waals surface area contributed by atoms with E-state index in [9.17, 15) is 21.4 Å². The molecule has 304 valence electrons. The van der Waals surface area contributed by atoms with Crippen LogP contribution in [0.3, 0.4) is 0 Å². The Kier molecular flexibility index (Phi) is 30.5. The van der Waals surface area contributed by atoms with Crippen molar-refractivity contribution >= 4 is 38.0 Å². The molecule has 16 heteroatoms. The Morgan fingerprint density at radius 1 is 0.769 bits per heavy atom. The smallest absolute Gasteiger partial charge is 0.397 e. The van der Waals surface area contributed by atoms with E-state index < -0.39 is 20.8 Å². The van der Waals surface area contributed by atoms with Gasteiger partial charge in [0.2, 0.25) is 15.9 Å². The molecule has 4 N–H and O–H groups in total. The molecule has 0 aliphatic heterocycles. The topological polar surface area (TPSA) is 206 Å². The van der Waals surface area contributed by atoms with Gasteiger partial charge in [-0.1, -0.05) is 141 Å². The maximum atomic E-state index is 10.2. The predicted octanol–water partition coefficient (Wildman–Crippen LogP) is 7.72. The Morgan fingerprint density at radius 2 is 1.21 bits per heavy atom. The second kappa shape index (κ2) is 31.5. The second-order valence-corrected chi connectivity index (χ2v) is 16.1. The van der Waals surface area contributed by atoms with Crippen molar-refractivity contribution in [1.29, 1.82) is 0 Å². The molecule has 2 aromatic heterocycles. The van der Waals surface area contributed by atoms with Crippen LogP contribution in [0.4, 0.5) is 5.82 Å². The summed E-state index contributed by atoms with van der Waals surface area (Å²) in [7, 11) is -8.72. The number of unbranched alkanes of at least 4 members (excludes halogenated alkanes) is 18. The normalized spacial score (nSPS) is 11.5. The first-order valence-corrected chi connectivity index (χ1v) is 22.7. The highest BCUT2D eigenvalue weighted by Crippen LogP contribution is 2.14. The number of nitrogens with zero attached hydrogens (tertiary/aromatic N) is 3. The molecule has 0 fully saturated rings. The van der Waals surface area contributed by atoms with Crippen molar-refractivity contribution in [3.05, 3.63) is 33.7 Å². The summed E-state index contributed by atoms with van der Waals surface area (Å²) in [6.45, 7) is 9.27. The molecule has 0 aliphatic carbocycles. The molecule has 0 radical (unpaired) electrons. The van der Waals surface area contributed by atoms with Crippen LogP contribution in [0.25, 0.3) is 0 Å². The maximum Gasteiger partial charge on any atom is 0.397 e. The Bertz CT molecular complexity index is 1320. The van der Waals surface area contributed by atoms with Gasteiger partial charge in [-0.05, 0) is 19.8 Å². The minimum absolute atomic E-state index is 0.0301. The largest absolute Gasteiger partial charge is 0.726 e. The average Bonchev–Trinajstić information content (AvgIpc) is 3.41. The van der Waals surface area contributed by atoms with Crippen molar-refractivity contribution in [1.82, 2.24) is 9.97 Å². The van der Waals surface area contributed by atoms with Gasteiger partial charge in [0.1, 0.15) is 11.6 Å². The minimum Gasteiger partial charge on any atom is -0.726 e. The number of anilines is 1. The molecule has 13 nitrogen and oxygen atoms in total. The molecule has 0 aromatic carbocycles. The van der Waals surface area contributed by atoms with Crippen molar-refractivity contribution in [2.24, 2.45) is 0 Å². The van der Waals surface area contributed by atoms with Gasteiger partial charge in [0.05, 0.1) is 23.7 Å². The Hall–Kier alpha value is -1.79. The summed E-state index contributed by atoms with van der Waals surface area (Å²) in [6.07, 6.45) is 26.0. The third-order valence-electron chi connectivity index (χ3n) is 8.31. The lowest BCUT2D eigenvalue weighted by Gasteiger charge is -2.06. The first-order chi connectivity index (χ1) is 24.7. The van der Waals surface area contributed by atoms with Gasteiger partial charge in [0.15, 0.2) is 12.2 Å². The Morgan fingerprint density at radius 3 is 1.62 bits per heavy atom. The highest BCUT2D eigenvalue weighted by molar-refractivity contribution is 7.81. The predicted molar refractivity (Wildman–Crippen MR) is 207 cm³/mol. The third-order valence-corrected chi connectivity index (χ3v) is 10.4. The van der Waals surface area contributed by atoms with Crippen LogP contribution in [0, 0.1) is 13.8 Å². The van der Waals surface area contributed by atoms with Gasteiger partial charge >= 0.3 is 10.4 Å². The van der Waals surface area contributed by atoms with E-state index >= 15 is 0 Å². The molecule has 52 heavy (non-hydrogen) atoms. The van der Waals surface area contributed by atoms with Gasteiger partial charge in [-0.25, -0.2) is 22.6 Å². The van der Waals surface area contributed by atoms with Gasteiger partial charge in [-0.3, -0.25) is 8.74 Å². The summed E-state index contributed by atoms with van der Waals surface area (Å²) >= 11 is 1.65. The van der Waals surface area contributed by atoms with Crippen LogP contribution in [0.1, 0.15) is 164 Å². The molecule has 2 heterocycles. The van der Waals surface area contributed by atoms with E-state index in [-0.39, 0.29) is 19.8 Å². The molecular weight excluding hydrogens is 729 g/mol. The number of aromatic nitrogens is 3. The molecule has 0 saturated heterocycles. The van der Waals surface area contributed by atoms with E-state index in [1.165, 1.54) is 94.8 Å². The lowest BCUT2D eigenvalue weighted by Crippen LogP contribution is -2.35. The van der Waals surface area contributed by atoms with Crippen molar-refractivity contribution < 1.29 is 44.0 Å². The van der Waals surface area contributed by atoms with Crippen LogP contribution in [-0.2, 0) is 42.1 Å². The number of aliphatic hydroxyl groups is 1. The summed E-state index contributed by atoms with van der Waals surface area (Å²) in [5, 5.41) is 8.98. The maximum absolute atomic E-state index is 10.2. The van der Waals surface area contributed by atoms with E-state index in [0.29, 0.717) is 37.4 Å². The number of nitrogens with two attached hydrogens (primary N) is 1. The van der Waals surface area contributed by atoms with E-state index in [4.69, 9.17) is 15.4 Å². The molecule has 2 rings (SSSR count). The highest BCUT2D eigenvalue weighted by atomic mass is 32.3. The summed E-state index contributed by atoms with van der Waals surface area (Å²) in [6, 6.07) is 0. The van der Waals surface area contributed by atoms with Crippen LogP contribution in [0.2, 0.25) is 0 Å². The first-order valence-electron chi connectivity index (χ1n) is 19.1. The summed E-state index contributed by atoms with van der Waals surface area (Å²) in [5.74, 6) is 1.22. The zero-order chi connectivity index (χ0) is 39.1. The van der Waals surface area contributed by atoms with Crippen molar-refractivity contribution in [3.63, 3.8) is 0 Å². The van der Waals surface area contributed by atoms with E-state index in [1.54, 1.807) is 17.5 Å². The van der Waals surface area contributed by atoms with Gasteiger partial charge in [-0.15, -0.1) is 0 Å². The molecule has 0 amide bonds. The van der Waals surface area contributed by atoms with Crippen LogP contribution >= 0.6 is 11.3 Å². The molecule has 0 bridgehead atoms. The number of nitrogen functional groups attached to an aromatic ring is 1. The third kappa shape index (κ3) is 30.6. The van der Waals surface area contributed by atoms with Gasteiger partial charge < -0.3 is 15.4 Å². The SMILES string of the molecule is CCCCCCCCCCCCOS(=O)(=O)O.CCCCCCCCCCCCOS(=O)(=O)[O-].Cc1ncc(C[n+]2csc(CCO)c2C)c(N)n1. The standard InChI is InChI=1S/C12H17N4OS.2C12H26O4S/c1-8-11(3-4-17)18-7-16(8)6-10-5-14-9(2)15-12(10)13;2*1-2-3-4-5-6-7-8-9-10-11-12-16-17(13,14)15/h5,7,17H,3-4,6H2,1-2H3,(H2,13,14,15);2*2-12H2,1H3,(H,13,14,15)/q+1;;/p-1. The van der Waals surface area contributed by atoms with Crippen molar-refractivity contribution in [3.8, 4) is 0 Å². The van der Waals surface area contributed by atoms with Gasteiger partial charge in [0.25, 0.3) is 0 Å². The van der Waals surface area contributed by atoms with Crippen molar-refractivity contribution in [2.75, 3.05) is 25.6 Å². The summed E-state index contributed by atoms with van der Waals surface area (Å²) in [5.41, 5.74) is 10.0. The van der Waals surface area contributed by atoms with Crippen LogP contribution < -0.4 is 10.3 Å². The molecule has 0 unspecified atom stereocenters. The summed E-state index contributed by atoms with van der Waals surface area (Å²) in [4.78, 5) is 9.53. The van der Waals surface area contributed by atoms with E-state index in [0.717, 1.165) is 36.9 Å².